The molecule has 0 rings (SSSR count). The molecule has 0 bridgehead atoms. The summed E-state index contributed by atoms with van der Waals surface area (Å²) in [7, 11) is 2.67. The van der Waals surface area contributed by atoms with E-state index in [2.05, 4.69) is 48.4 Å². The van der Waals surface area contributed by atoms with E-state index in [0.29, 0.717) is 57.9 Å². The molecule has 0 spiro atoms. The molecule has 4 atom stereocenters. The standard InChI is InChI=1S/C19H37O6PS2.C11H19BrO4.C8H19O2PS2.Na/c1-8-9-10-23-19(21)17(11-16(6)18(20)22-7)28-26(27,24-12-14(2)3)25-13-15(4)5;1-4-5-6-16-11(14)9(12)7-8(2)10(13)15-3;1-7(2)5-9-11(12,13)10-6-8(3)4;/h14-17H,8-13H2,1-7H3;8-9H,4-7H2,1-3H3;7-8H,5-6H2,1-4H3,(H,12,13);/q;;;+1/p-1. The van der Waals surface area contributed by atoms with Crippen LogP contribution in [0.1, 0.15) is 122 Å². The Hall–Kier alpha value is 1.20. The molecule has 0 aromatic carbocycles. The summed E-state index contributed by atoms with van der Waals surface area (Å²) in [5.41, 5.74) is -5.16. The number of methoxy groups -OCH3 is 2. The molecule has 0 saturated heterocycles. The molecule has 340 valence electrons. The van der Waals surface area contributed by atoms with Gasteiger partial charge >= 0.3 is 53.4 Å². The molecule has 0 amide bonds. The average Bonchev–Trinajstić information content (AvgIpc) is 3.14. The molecular formula is C38H74BrNaO12P2S4. The molecule has 0 saturated carbocycles. The first-order valence-electron chi connectivity index (χ1n) is 19.7. The number of halogens is 1. The maximum absolute atomic E-state index is 12.7. The molecule has 0 N–H and O–H groups in total. The van der Waals surface area contributed by atoms with Crippen LogP contribution >= 0.6 is 38.7 Å². The molecule has 20 heteroatoms. The van der Waals surface area contributed by atoms with E-state index in [-0.39, 0.29) is 77.6 Å². The van der Waals surface area contributed by atoms with Crippen LogP contribution in [0.15, 0.2) is 0 Å². The Morgan fingerprint density at radius 1 is 0.603 bits per heavy atom. The monoisotopic (exact) mass is 1010 g/mol. The molecule has 58 heavy (non-hydrogen) atoms. The Bertz CT molecular complexity index is 1170. The molecule has 4 unspecified atom stereocenters. The summed E-state index contributed by atoms with van der Waals surface area (Å²) in [5.74, 6) is -0.677. The van der Waals surface area contributed by atoms with Crippen molar-refractivity contribution in [2.24, 2.45) is 35.5 Å². The summed E-state index contributed by atoms with van der Waals surface area (Å²) in [6.07, 6.45) is 4.21. The normalized spacial score (nSPS) is 13.6. The van der Waals surface area contributed by atoms with E-state index in [1.807, 2.05) is 41.5 Å². The second-order valence-electron chi connectivity index (χ2n) is 15.1. The van der Waals surface area contributed by atoms with Crippen molar-refractivity contribution in [3.63, 3.8) is 0 Å². The van der Waals surface area contributed by atoms with Gasteiger partial charge in [0.2, 0.25) is 5.69 Å². The van der Waals surface area contributed by atoms with Gasteiger partial charge in [-0.15, -0.1) is 0 Å². The second kappa shape index (κ2) is 38.6. The molecule has 0 aromatic heterocycles. The second-order valence-corrected chi connectivity index (χ2v) is 27.6. The first-order chi connectivity index (χ1) is 26.4. The van der Waals surface area contributed by atoms with E-state index in [9.17, 15) is 19.2 Å². The SMILES string of the molecule is CC(C)COP(=S)([S-])OCC(C)C.CCCCOC(=O)C(Br)CC(C)C(=O)OC.CCCCOC(=O)C(CC(C)C(=O)OC)SP(=S)(OCC(C)C)OCC(C)C.[Na+]. The van der Waals surface area contributed by atoms with Gasteiger partial charge < -0.3 is 49.3 Å². The number of unbranched alkanes of at least 4 members (excludes halogenated alkanes) is 2. The largest absolute Gasteiger partial charge is 1.00 e. The van der Waals surface area contributed by atoms with Gasteiger partial charge in [-0.2, -0.15) is 0 Å². The van der Waals surface area contributed by atoms with Crippen molar-refractivity contribution in [2.45, 2.75) is 132 Å². The van der Waals surface area contributed by atoms with Crippen LogP contribution in [0.3, 0.4) is 0 Å². The van der Waals surface area contributed by atoms with Crippen LogP contribution in [0.4, 0.5) is 0 Å². The minimum absolute atomic E-state index is 0. The summed E-state index contributed by atoms with van der Waals surface area (Å²) < 4.78 is 42.4. The zero-order chi connectivity index (χ0) is 44.8. The third-order valence-corrected chi connectivity index (χ3v) is 15.2. The van der Waals surface area contributed by atoms with Gasteiger partial charge in [-0.05, 0) is 61.2 Å². The van der Waals surface area contributed by atoms with Gasteiger partial charge in [0.25, 0.3) is 0 Å². The van der Waals surface area contributed by atoms with Crippen molar-refractivity contribution in [3.05, 3.63) is 0 Å². The van der Waals surface area contributed by atoms with E-state index < -0.39 is 27.4 Å². The van der Waals surface area contributed by atoms with Crippen LogP contribution in [0.25, 0.3) is 0 Å². The predicted molar refractivity (Wildman–Crippen MR) is 247 cm³/mol. The third-order valence-electron chi connectivity index (χ3n) is 6.86. The van der Waals surface area contributed by atoms with Crippen molar-refractivity contribution in [1.29, 1.82) is 0 Å². The number of carbonyl (C=O) groups excluding carboxylic acids is 4. The summed E-state index contributed by atoms with van der Waals surface area (Å²) >= 11 is 20.3. The molecule has 0 aromatic rings. The summed E-state index contributed by atoms with van der Waals surface area (Å²) in [4.78, 5) is 46.7. The Labute approximate surface area is 401 Å². The maximum Gasteiger partial charge on any atom is 1.00 e. The number of alkyl halides is 1. The van der Waals surface area contributed by atoms with Gasteiger partial charge in [0, 0.05) is 0 Å². The molecule has 0 aliphatic carbocycles. The summed E-state index contributed by atoms with van der Waals surface area (Å²) in [6.45, 7) is 26.8. The van der Waals surface area contributed by atoms with Crippen LogP contribution in [-0.4, -0.2) is 87.8 Å². The quantitative estimate of drug-likeness (QED) is 0.0144. The van der Waals surface area contributed by atoms with Crippen molar-refractivity contribution < 1.29 is 85.8 Å². The average molecular weight is 1020 g/mol. The zero-order valence-corrected chi connectivity index (χ0v) is 46.5. The van der Waals surface area contributed by atoms with Crippen molar-refractivity contribution in [3.8, 4) is 0 Å². The van der Waals surface area contributed by atoms with Gasteiger partial charge in [0.05, 0.1) is 71.4 Å². The van der Waals surface area contributed by atoms with Crippen LogP contribution in [-0.2, 0) is 92.1 Å². The van der Waals surface area contributed by atoms with Crippen LogP contribution in [0, 0.1) is 35.5 Å². The summed E-state index contributed by atoms with van der Waals surface area (Å²) in [6, 6.07) is 0. The number of rotatable bonds is 28. The van der Waals surface area contributed by atoms with Crippen LogP contribution in [0.5, 0.6) is 0 Å². The molecule has 0 fully saturated rings. The third kappa shape index (κ3) is 38.8. The maximum atomic E-state index is 12.7. The number of hydrogen-bond acceptors (Lipinski definition) is 16. The minimum Gasteiger partial charge on any atom is -0.691 e. The van der Waals surface area contributed by atoms with E-state index in [1.54, 1.807) is 13.8 Å². The van der Waals surface area contributed by atoms with E-state index >= 15 is 0 Å². The smallest absolute Gasteiger partial charge is 0.691 e. The first-order valence-corrected chi connectivity index (χ1v) is 28.4. The molecule has 0 aliphatic heterocycles. The van der Waals surface area contributed by atoms with E-state index in [0.717, 1.165) is 25.7 Å². The predicted octanol–water partition coefficient (Wildman–Crippen LogP) is 7.60. The number of carbonyl (C=O) groups is 4. The van der Waals surface area contributed by atoms with Crippen molar-refractivity contribution in [1.82, 2.24) is 0 Å². The molecule has 0 heterocycles. The van der Waals surface area contributed by atoms with Gasteiger partial charge in [0.1, 0.15) is 10.1 Å². The van der Waals surface area contributed by atoms with Gasteiger partial charge in [-0.3, -0.25) is 19.2 Å². The van der Waals surface area contributed by atoms with Crippen LogP contribution < -0.4 is 29.6 Å². The number of esters is 4. The topological polar surface area (TPSA) is 142 Å². The Kier molecular flexibility index (Phi) is 43.8. The fourth-order valence-corrected chi connectivity index (χ4v) is 11.5. The minimum atomic E-state index is -2.77. The molecular weight excluding hydrogens is 942 g/mol. The van der Waals surface area contributed by atoms with E-state index in [1.165, 1.54) is 25.6 Å². The number of ether oxygens (including phenoxy) is 4. The first kappa shape index (κ1) is 65.8. The molecule has 12 nitrogen and oxygen atoms in total. The van der Waals surface area contributed by atoms with Crippen molar-refractivity contribution in [2.75, 3.05) is 53.9 Å². The van der Waals surface area contributed by atoms with Gasteiger partial charge in [-0.25, -0.2) is 0 Å². The summed E-state index contributed by atoms with van der Waals surface area (Å²) in [5, 5.41) is -0.642. The Balaban J connectivity index is -0.000000411. The van der Waals surface area contributed by atoms with Gasteiger partial charge in [-0.1, -0.05) is 135 Å². The fraction of sp³-hybridized carbons (Fsp3) is 0.895. The zero-order valence-electron chi connectivity index (χ0n) is 37.9. The van der Waals surface area contributed by atoms with Crippen LogP contribution in [0.2, 0.25) is 0 Å². The van der Waals surface area contributed by atoms with Gasteiger partial charge in [0.15, 0.2) is 0 Å². The Morgan fingerprint density at radius 3 is 1.29 bits per heavy atom. The Morgan fingerprint density at radius 2 is 0.948 bits per heavy atom. The van der Waals surface area contributed by atoms with Crippen molar-refractivity contribution >= 4 is 98.4 Å². The molecule has 0 radical (unpaired) electrons. The fourth-order valence-electron chi connectivity index (χ4n) is 3.58. The van der Waals surface area contributed by atoms with E-state index in [4.69, 9.17) is 68.2 Å². The molecule has 0 aliphatic rings. The number of hydrogen-bond donors (Lipinski definition) is 0.